The number of nitrogens with one attached hydrogen (secondary N) is 1. The van der Waals surface area contributed by atoms with Gasteiger partial charge in [0, 0.05) is 23.9 Å². The summed E-state index contributed by atoms with van der Waals surface area (Å²) in [5, 5.41) is 10.7. The molecule has 0 aliphatic rings. The van der Waals surface area contributed by atoms with E-state index in [1.165, 1.54) is 0 Å². The van der Waals surface area contributed by atoms with Crippen LogP contribution in [0.25, 0.3) is 28.3 Å². The summed E-state index contributed by atoms with van der Waals surface area (Å²) in [4.78, 5) is 20.4. The Morgan fingerprint density at radius 3 is 2.92 bits per heavy atom. The number of carbonyl (C=O) groups excluding carboxylic acids is 1. The normalized spacial score (nSPS) is 10.9. The van der Waals surface area contributed by atoms with Gasteiger partial charge in [-0.05, 0) is 25.1 Å². The Labute approximate surface area is 142 Å². The molecule has 124 valence electrons. The van der Waals surface area contributed by atoms with Crippen LogP contribution in [0.1, 0.15) is 17.6 Å². The molecular formula is C17H14N6O2. The number of hydrogen-bond donors (Lipinski definition) is 1. The van der Waals surface area contributed by atoms with Crippen molar-refractivity contribution in [3.63, 3.8) is 0 Å². The van der Waals surface area contributed by atoms with Crippen molar-refractivity contribution in [3.05, 3.63) is 54.7 Å². The molecule has 4 rings (SSSR count). The van der Waals surface area contributed by atoms with Gasteiger partial charge < -0.3 is 9.84 Å². The summed E-state index contributed by atoms with van der Waals surface area (Å²) in [7, 11) is 0. The number of carbonyl (C=O) groups is 1. The van der Waals surface area contributed by atoms with Crippen LogP contribution in [-0.2, 0) is 0 Å². The third-order valence-electron chi connectivity index (χ3n) is 3.61. The van der Waals surface area contributed by atoms with Gasteiger partial charge in [-0.25, -0.2) is 9.50 Å². The molecule has 0 aliphatic heterocycles. The maximum absolute atomic E-state index is 11.8. The van der Waals surface area contributed by atoms with E-state index in [4.69, 9.17) is 4.52 Å². The molecule has 0 spiro atoms. The summed E-state index contributed by atoms with van der Waals surface area (Å²) in [6, 6.07) is 11.3. The van der Waals surface area contributed by atoms with Gasteiger partial charge in [-0.3, -0.25) is 4.79 Å². The van der Waals surface area contributed by atoms with Gasteiger partial charge in [-0.1, -0.05) is 23.4 Å². The van der Waals surface area contributed by atoms with Crippen molar-refractivity contribution in [1.29, 1.82) is 0 Å². The Morgan fingerprint density at radius 2 is 2.08 bits per heavy atom. The number of fused-ring (bicyclic) bond motifs is 1. The lowest BCUT2D eigenvalue weighted by molar-refractivity contribution is 0.0912. The Bertz CT molecular complexity index is 1020. The zero-order valence-corrected chi connectivity index (χ0v) is 13.4. The summed E-state index contributed by atoms with van der Waals surface area (Å²) < 4.78 is 6.74. The molecule has 3 aromatic heterocycles. The lowest BCUT2D eigenvalue weighted by Crippen LogP contribution is -2.22. The predicted molar refractivity (Wildman–Crippen MR) is 89.7 cm³/mol. The lowest BCUT2D eigenvalue weighted by Gasteiger charge is -1.99. The predicted octanol–water partition coefficient (Wildman–Crippen LogP) is 2.20. The van der Waals surface area contributed by atoms with Crippen LogP contribution in [0.5, 0.6) is 0 Å². The van der Waals surface area contributed by atoms with Crippen LogP contribution in [0, 0.1) is 0 Å². The standard InChI is InChI=1S/C17H14N6O2/c1-2-18-16(24)17-21-15(22-25-17)12-6-3-5-11(9-12)13-10-23-14(20-13)7-4-8-19-23/h3-10H,2H2,1H3,(H,18,24). The first-order valence-corrected chi connectivity index (χ1v) is 7.77. The van der Waals surface area contributed by atoms with Gasteiger partial charge in [0.1, 0.15) is 0 Å². The number of imidazole rings is 1. The zero-order valence-electron chi connectivity index (χ0n) is 13.4. The smallest absolute Gasteiger partial charge is 0.316 e. The van der Waals surface area contributed by atoms with Crippen molar-refractivity contribution in [2.24, 2.45) is 0 Å². The summed E-state index contributed by atoms with van der Waals surface area (Å²) in [5.41, 5.74) is 3.18. The largest absolute Gasteiger partial charge is 0.348 e. The molecule has 0 bridgehead atoms. The molecule has 8 heteroatoms. The van der Waals surface area contributed by atoms with Crippen molar-refractivity contribution >= 4 is 11.6 Å². The molecule has 0 saturated heterocycles. The Morgan fingerprint density at radius 1 is 1.20 bits per heavy atom. The van der Waals surface area contributed by atoms with E-state index in [0.29, 0.717) is 12.4 Å². The molecule has 1 aromatic carbocycles. The second kappa shape index (κ2) is 6.16. The van der Waals surface area contributed by atoms with Crippen LogP contribution in [-0.4, -0.2) is 37.2 Å². The molecule has 0 saturated carbocycles. The number of nitrogens with zero attached hydrogens (tertiary/aromatic N) is 5. The van der Waals surface area contributed by atoms with Crippen LogP contribution in [0.15, 0.2) is 53.3 Å². The fourth-order valence-corrected chi connectivity index (χ4v) is 2.46. The van der Waals surface area contributed by atoms with Crippen molar-refractivity contribution in [1.82, 2.24) is 30.1 Å². The second-order valence-corrected chi connectivity index (χ2v) is 5.32. The molecule has 1 N–H and O–H groups in total. The molecule has 0 aliphatic carbocycles. The highest BCUT2D eigenvalue weighted by atomic mass is 16.5. The molecule has 1 amide bonds. The summed E-state index contributed by atoms with van der Waals surface area (Å²) in [5.74, 6) is -0.0898. The van der Waals surface area contributed by atoms with E-state index in [2.05, 4.69) is 25.5 Å². The molecule has 0 fully saturated rings. The average molecular weight is 334 g/mol. The van der Waals surface area contributed by atoms with E-state index in [-0.39, 0.29) is 11.8 Å². The highest BCUT2D eigenvalue weighted by Gasteiger charge is 2.16. The molecular weight excluding hydrogens is 320 g/mol. The van der Waals surface area contributed by atoms with Crippen LogP contribution in [0.2, 0.25) is 0 Å². The first kappa shape index (κ1) is 15.0. The minimum Gasteiger partial charge on any atom is -0.348 e. The fourth-order valence-electron chi connectivity index (χ4n) is 2.46. The Kier molecular flexibility index (Phi) is 3.70. The minimum absolute atomic E-state index is 0.0563. The third kappa shape index (κ3) is 2.85. The van der Waals surface area contributed by atoms with Gasteiger partial charge in [0.2, 0.25) is 5.82 Å². The summed E-state index contributed by atoms with van der Waals surface area (Å²) in [6.45, 7) is 2.32. The van der Waals surface area contributed by atoms with Gasteiger partial charge in [0.05, 0.1) is 11.9 Å². The summed E-state index contributed by atoms with van der Waals surface area (Å²) in [6.07, 6.45) is 3.56. The van der Waals surface area contributed by atoms with Gasteiger partial charge in [-0.15, -0.1) is 0 Å². The van der Waals surface area contributed by atoms with E-state index >= 15 is 0 Å². The maximum Gasteiger partial charge on any atom is 0.316 e. The quantitative estimate of drug-likeness (QED) is 0.614. The molecule has 0 unspecified atom stereocenters. The van der Waals surface area contributed by atoms with Crippen molar-refractivity contribution in [2.45, 2.75) is 6.92 Å². The van der Waals surface area contributed by atoms with E-state index in [1.54, 1.807) is 10.7 Å². The van der Waals surface area contributed by atoms with Gasteiger partial charge in [0.25, 0.3) is 0 Å². The SMILES string of the molecule is CCNC(=O)c1nc(-c2cccc(-c3cn4ncccc4n3)c2)no1. The van der Waals surface area contributed by atoms with Crippen LogP contribution in [0.3, 0.4) is 0 Å². The maximum atomic E-state index is 11.8. The zero-order chi connectivity index (χ0) is 17.2. The van der Waals surface area contributed by atoms with Crippen LogP contribution in [0.4, 0.5) is 0 Å². The molecule has 4 aromatic rings. The molecule has 8 nitrogen and oxygen atoms in total. The number of benzene rings is 1. The number of amides is 1. The lowest BCUT2D eigenvalue weighted by atomic mass is 10.1. The van der Waals surface area contributed by atoms with Gasteiger partial charge in [0.15, 0.2) is 5.65 Å². The monoisotopic (exact) mass is 334 g/mol. The average Bonchev–Trinajstić information content (AvgIpc) is 3.29. The molecule has 0 radical (unpaired) electrons. The van der Waals surface area contributed by atoms with Gasteiger partial charge >= 0.3 is 11.8 Å². The van der Waals surface area contributed by atoms with Gasteiger partial charge in [-0.2, -0.15) is 10.1 Å². The van der Waals surface area contributed by atoms with Crippen LogP contribution < -0.4 is 5.32 Å². The van der Waals surface area contributed by atoms with E-state index in [0.717, 1.165) is 22.5 Å². The molecule has 0 atom stereocenters. The first-order valence-electron chi connectivity index (χ1n) is 7.77. The molecule has 3 heterocycles. The molecule has 25 heavy (non-hydrogen) atoms. The topological polar surface area (TPSA) is 98.2 Å². The minimum atomic E-state index is -0.385. The van der Waals surface area contributed by atoms with E-state index in [1.807, 2.05) is 49.5 Å². The summed E-state index contributed by atoms with van der Waals surface area (Å²) >= 11 is 0. The van der Waals surface area contributed by atoms with E-state index in [9.17, 15) is 4.79 Å². The third-order valence-corrected chi connectivity index (χ3v) is 3.61. The number of rotatable bonds is 4. The van der Waals surface area contributed by atoms with E-state index < -0.39 is 0 Å². The van der Waals surface area contributed by atoms with Crippen molar-refractivity contribution in [2.75, 3.05) is 6.54 Å². The Hall–Kier alpha value is -3.55. The first-order chi connectivity index (χ1) is 12.2. The highest BCUT2D eigenvalue weighted by Crippen LogP contribution is 2.24. The number of hydrogen-bond acceptors (Lipinski definition) is 6. The van der Waals surface area contributed by atoms with Crippen molar-refractivity contribution in [3.8, 4) is 22.6 Å². The number of aromatic nitrogens is 5. The van der Waals surface area contributed by atoms with Crippen molar-refractivity contribution < 1.29 is 9.32 Å². The second-order valence-electron chi connectivity index (χ2n) is 5.32. The fraction of sp³-hybridized carbons (Fsp3) is 0.118. The Balaban J connectivity index is 1.68. The highest BCUT2D eigenvalue weighted by molar-refractivity contribution is 5.89. The van der Waals surface area contributed by atoms with Crippen LogP contribution >= 0.6 is 0 Å².